The molecule has 0 saturated carbocycles. The van der Waals surface area contributed by atoms with Gasteiger partial charge in [-0.05, 0) is 54.3 Å². The van der Waals surface area contributed by atoms with Gasteiger partial charge in [-0.2, -0.15) is 0 Å². The van der Waals surface area contributed by atoms with Gasteiger partial charge in [0.25, 0.3) is 0 Å². The van der Waals surface area contributed by atoms with Crippen LogP contribution in [0.1, 0.15) is 24.5 Å². The minimum Gasteiger partial charge on any atom is -0.493 e. The fourth-order valence-corrected chi connectivity index (χ4v) is 2.85. The molecule has 0 bridgehead atoms. The lowest BCUT2D eigenvalue weighted by molar-refractivity contribution is -0.134. The van der Waals surface area contributed by atoms with Crippen molar-refractivity contribution in [2.24, 2.45) is 0 Å². The van der Waals surface area contributed by atoms with Crippen LogP contribution in [-0.2, 0) is 17.6 Å². The topological polar surface area (TPSA) is 54.0 Å². The lowest BCUT2D eigenvalue weighted by Crippen LogP contribution is -2.09. The third kappa shape index (κ3) is 4.82. The molecule has 2 aromatic rings. The van der Waals surface area contributed by atoms with E-state index in [0.717, 1.165) is 17.5 Å². The van der Waals surface area contributed by atoms with E-state index in [2.05, 4.69) is 0 Å². The lowest BCUT2D eigenvalue weighted by atomic mass is 10.1. The molecule has 0 aliphatic heterocycles. The Morgan fingerprint density at radius 1 is 1.00 bits per heavy atom. The fourth-order valence-electron chi connectivity index (χ4n) is 2.59. The quantitative estimate of drug-likeness (QED) is 0.501. The van der Waals surface area contributed by atoms with Crippen LogP contribution in [0.2, 0.25) is 5.02 Å². The summed E-state index contributed by atoms with van der Waals surface area (Å²) in [5.74, 6) is 1.82. The van der Waals surface area contributed by atoms with Crippen molar-refractivity contribution in [1.82, 2.24) is 0 Å². The van der Waals surface area contributed by atoms with Crippen molar-refractivity contribution < 1.29 is 23.7 Å². The molecular formula is C20H23ClO5. The molecule has 5 nitrogen and oxygen atoms in total. The summed E-state index contributed by atoms with van der Waals surface area (Å²) in [4.78, 5) is 12.2. The summed E-state index contributed by atoms with van der Waals surface area (Å²) in [6.45, 7) is 2.00. The Morgan fingerprint density at radius 2 is 1.65 bits per heavy atom. The molecule has 140 valence electrons. The number of benzene rings is 2. The molecular weight excluding hydrogens is 356 g/mol. The Kier molecular flexibility index (Phi) is 7.16. The third-order valence-electron chi connectivity index (χ3n) is 3.97. The molecule has 0 fully saturated rings. The number of carbonyl (C=O) groups excluding carboxylic acids is 1. The Bertz CT molecular complexity index is 748. The summed E-state index contributed by atoms with van der Waals surface area (Å²) in [6, 6.07) is 8.87. The molecule has 0 saturated heterocycles. The number of ether oxygens (including phenoxy) is 4. The first kappa shape index (κ1) is 19.9. The van der Waals surface area contributed by atoms with Crippen molar-refractivity contribution in [2.45, 2.75) is 26.2 Å². The molecule has 0 atom stereocenters. The van der Waals surface area contributed by atoms with E-state index in [1.54, 1.807) is 39.5 Å². The van der Waals surface area contributed by atoms with E-state index in [-0.39, 0.29) is 12.4 Å². The lowest BCUT2D eigenvalue weighted by Gasteiger charge is -2.14. The van der Waals surface area contributed by atoms with E-state index in [4.69, 9.17) is 30.5 Å². The van der Waals surface area contributed by atoms with Crippen LogP contribution in [0.4, 0.5) is 0 Å². The van der Waals surface area contributed by atoms with Gasteiger partial charge in [0.05, 0.1) is 21.3 Å². The molecule has 0 spiro atoms. The summed E-state index contributed by atoms with van der Waals surface area (Å²) < 4.78 is 21.4. The average Bonchev–Trinajstić information content (AvgIpc) is 2.66. The Hall–Kier alpha value is -2.40. The van der Waals surface area contributed by atoms with Crippen LogP contribution < -0.4 is 18.9 Å². The first-order valence-corrected chi connectivity index (χ1v) is 8.68. The standard InChI is InChI=1S/C20H23ClO5/c1-5-14-12-15(7-8-16(14)21)26-19(22)9-6-13-10-17(23-2)20(25-4)18(11-13)24-3/h7-8,10-12H,5-6,9H2,1-4H3. The van der Waals surface area contributed by atoms with Gasteiger partial charge in [0.2, 0.25) is 5.75 Å². The van der Waals surface area contributed by atoms with E-state index in [1.165, 1.54) is 0 Å². The molecule has 0 aromatic heterocycles. The van der Waals surface area contributed by atoms with E-state index < -0.39 is 0 Å². The van der Waals surface area contributed by atoms with Crippen molar-refractivity contribution in [1.29, 1.82) is 0 Å². The van der Waals surface area contributed by atoms with Gasteiger partial charge in [0, 0.05) is 11.4 Å². The summed E-state index contributed by atoms with van der Waals surface area (Å²) in [5.41, 5.74) is 1.84. The van der Waals surface area contributed by atoms with Crippen molar-refractivity contribution in [3.63, 3.8) is 0 Å². The van der Waals surface area contributed by atoms with Gasteiger partial charge < -0.3 is 18.9 Å². The normalized spacial score (nSPS) is 10.3. The monoisotopic (exact) mass is 378 g/mol. The highest BCUT2D eigenvalue weighted by Gasteiger charge is 2.14. The predicted octanol–water partition coefficient (Wildman–Crippen LogP) is 4.47. The maximum absolute atomic E-state index is 12.2. The van der Waals surface area contributed by atoms with Crippen molar-refractivity contribution in [3.8, 4) is 23.0 Å². The molecule has 2 rings (SSSR count). The number of hydrogen-bond acceptors (Lipinski definition) is 5. The van der Waals surface area contributed by atoms with E-state index >= 15 is 0 Å². The van der Waals surface area contributed by atoms with Crippen LogP contribution in [0.5, 0.6) is 23.0 Å². The minimum absolute atomic E-state index is 0.225. The van der Waals surface area contributed by atoms with Gasteiger partial charge >= 0.3 is 5.97 Å². The number of esters is 1. The van der Waals surface area contributed by atoms with Gasteiger partial charge in [-0.3, -0.25) is 4.79 Å². The van der Waals surface area contributed by atoms with Crippen LogP contribution in [0.3, 0.4) is 0 Å². The molecule has 0 aliphatic carbocycles. The summed E-state index contributed by atoms with van der Waals surface area (Å²) in [7, 11) is 4.66. The minimum atomic E-state index is -0.317. The number of rotatable bonds is 8. The Labute approximate surface area is 158 Å². The van der Waals surface area contributed by atoms with Crippen LogP contribution in [0.25, 0.3) is 0 Å². The number of aryl methyl sites for hydroxylation is 2. The van der Waals surface area contributed by atoms with Crippen LogP contribution in [0.15, 0.2) is 30.3 Å². The molecule has 0 amide bonds. The SMILES string of the molecule is CCc1cc(OC(=O)CCc2cc(OC)c(OC)c(OC)c2)ccc1Cl. The molecule has 0 heterocycles. The first-order valence-electron chi connectivity index (χ1n) is 8.30. The molecule has 2 aromatic carbocycles. The first-order chi connectivity index (χ1) is 12.5. The highest BCUT2D eigenvalue weighted by atomic mass is 35.5. The zero-order valence-corrected chi connectivity index (χ0v) is 16.2. The van der Waals surface area contributed by atoms with E-state index in [9.17, 15) is 4.79 Å². The second kappa shape index (κ2) is 9.34. The largest absolute Gasteiger partial charge is 0.493 e. The molecule has 26 heavy (non-hydrogen) atoms. The fraction of sp³-hybridized carbons (Fsp3) is 0.350. The Balaban J connectivity index is 2.05. The zero-order chi connectivity index (χ0) is 19.1. The Morgan fingerprint density at radius 3 is 2.19 bits per heavy atom. The average molecular weight is 379 g/mol. The van der Waals surface area contributed by atoms with E-state index in [0.29, 0.717) is 34.4 Å². The highest BCUT2D eigenvalue weighted by molar-refractivity contribution is 6.31. The maximum Gasteiger partial charge on any atom is 0.311 e. The second-order valence-electron chi connectivity index (χ2n) is 5.61. The van der Waals surface area contributed by atoms with Crippen molar-refractivity contribution >= 4 is 17.6 Å². The molecule has 0 aliphatic rings. The number of methoxy groups -OCH3 is 3. The smallest absolute Gasteiger partial charge is 0.311 e. The van der Waals surface area contributed by atoms with Crippen LogP contribution in [-0.4, -0.2) is 27.3 Å². The predicted molar refractivity (Wildman–Crippen MR) is 101 cm³/mol. The number of hydrogen-bond donors (Lipinski definition) is 0. The molecule has 0 N–H and O–H groups in total. The zero-order valence-electron chi connectivity index (χ0n) is 15.4. The van der Waals surface area contributed by atoms with Gasteiger partial charge in [-0.15, -0.1) is 0 Å². The van der Waals surface area contributed by atoms with Crippen molar-refractivity contribution in [3.05, 3.63) is 46.5 Å². The summed E-state index contributed by atoms with van der Waals surface area (Å²) in [6.07, 6.45) is 1.49. The molecule has 6 heteroatoms. The maximum atomic E-state index is 12.2. The summed E-state index contributed by atoms with van der Waals surface area (Å²) in [5, 5.41) is 0.671. The van der Waals surface area contributed by atoms with Gasteiger partial charge in [0.1, 0.15) is 5.75 Å². The summed E-state index contributed by atoms with van der Waals surface area (Å²) >= 11 is 6.08. The van der Waals surface area contributed by atoms with Crippen molar-refractivity contribution in [2.75, 3.05) is 21.3 Å². The van der Waals surface area contributed by atoms with Gasteiger partial charge in [-0.25, -0.2) is 0 Å². The highest BCUT2D eigenvalue weighted by Crippen LogP contribution is 2.38. The van der Waals surface area contributed by atoms with E-state index in [1.807, 2.05) is 19.1 Å². The van der Waals surface area contributed by atoms with Crippen LogP contribution >= 0.6 is 11.6 Å². The van der Waals surface area contributed by atoms with Gasteiger partial charge in [0.15, 0.2) is 11.5 Å². The number of carbonyl (C=O) groups is 1. The van der Waals surface area contributed by atoms with Crippen LogP contribution in [0, 0.1) is 0 Å². The number of halogens is 1. The van der Waals surface area contributed by atoms with Gasteiger partial charge in [-0.1, -0.05) is 18.5 Å². The molecule has 0 radical (unpaired) electrons. The third-order valence-corrected chi connectivity index (χ3v) is 4.34. The molecule has 0 unspecified atom stereocenters. The second-order valence-corrected chi connectivity index (χ2v) is 6.02.